The molecule has 0 aromatic rings. The third kappa shape index (κ3) is 1.49. The van der Waals surface area contributed by atoms with Gasteiger partial charge in [0.05, 0.1) is 9.89 Å². The molecule has 0 aromatic heterocycles. The van der Waals surface area contributed by atoms with E-state index in [9.17, 15) is 9.90 Å². The molecule has 0 aliphatic heterocycles. The highest BCUT2D eigenvalue weighted by Gasteiger charge is 2.24. The average Bonchev–Trinajstić information content (AvgIpc) is 2.13. The van der Waals surface area contributed by atoms with E-state index < -0.39 is 5.97 Å². The van der Waals surface area contributed by atoms with Gasteiger partial charge in [-0.2, -0.15) is 0 Å². The van der Waals surface area contributed by atoms with E-state index in [4.69, 9.17) is 0 Å². The standard InChI is InChI=1S/C6H8INO2/c7-4-1-3(6(9)10)2-5(4)8/h1,4-5H,2,8H2,(H,9,10)/t4-,5+/m1/s1. The minimum atomic E-state index is -1.05. The van der Waals surface area contributed by atoms with Crippen molar-refractivity contribution in [2.24, 2.45) is 0 Å². The van der Waals surface area contributed by atoms with Crippen LogP contribution in [0.4, 0.5) is 0 Å². The molecule has 0 heterocycles. The van der Waals surface area contributed by atoms with Crippen molar-refractivity contribution in [1.29, 1.82) is 0 Å². The number of carbonyl (C=O) groups excluding carboxylic acids is 1. The van der Waals surface area contributed by atoms with Crippen molar-refractivity contribution in [3.05, 3.63) is 11.6 Å². The van der Waals surface area contributed by atoms with Crippen molar-refractivity contribution < 1.29 is 15.6 Å². The maximum absolute atomic E-state index is 10.3. The number of hydrogen-bond acceptors (Lipinski definition) is 2. The molecule has 2 atom stereocenters. The Morgan fingerprint density at radius 2 is 2.50 bits per heavy atom. The summed E-state index contributed by atoms with van der Waals surface area (Å²) in [5.74, 6) is -1.05. The van der Waals surface area contributed by atoms with E-state index in [2.05, 4.69) is 28.3 Å². The number of rotatable bonds is 1. The summed E-state index contributed by atoms with van der Waals surface area (Å²) in [6, 6.07) is 0.202. The zero-order valence-corrected chi connectivity index (χ0v) is 7.50. The van der Waals surface area contributed by atoms with E-state index in [1.807, 2.05) is 0 Å². The van der Waals surface area contributed by atoms with Crippen molar-refractivity contribution >= 4 is 28.6 Å². The molecule has 1 rings (SSSR count). The van der Waals surface area contributed by atoms with Crippen molar-refractivity contribution in [3.8, 4) is 0 Å². The molecule has 0 bridgehead atoms. The zero-order chi connectivity index (χ0) is 7.72. The summed E-state index contributed by atoms with van der Waals surface area (Å²) in [7, 11) is 0. The Balaban J connectivity index is 2.67. The van der Waals surface area contributed by atoms with E-state index in [0.717, 1.165) is 0 Å². The van der Waals surface area contributed by atoms with Crippen LogP contribution in [0.25, 0.3) is 0 Å². The average molecular weight is 253 g/mol. The first-order valence-electron chi connectivity index (χ1n) is 3.00. The summed E-state index contributed by atoms with van der Waals surface area (Å²) in [5, 5.41) is 10.3. The lowest BCUT2D eigenvalue weighted by Crippen LogP contribution is -2.63. The van der Waals surface area contributed by atoms with E-state index in [1.165, 1.54) is 0 Å². The molecule has 1 aliphatic rings. The molecule has 3 nitrogen and oxygen atoms in total. The molecule has 0 saturated carbocycles. The van der Waals surface area contributed by atoms with Gasteiger partial charge in [0.1, 0.15) is 6.04 Å². The van der Waals surface area contributed by atoms with Gasteiger partial charge in [-0.3, -0.25) is 0 Å². The number of carboxylic acids is 1. The van der Waals surface area contributed by atoms with Crippen LogP contribution >= 0.6 is 22.6 Å². The summed E-state index contributed by atoms with van der Waals surface area (Å²) in [6.45, 7) is 0. The molecule has 0 amide bonds. The van der Waals surface area contributed by atoms with Crippen molar-refractivity contribution in [3.63, 3.8) is 0 Å². The summed E-state index contributed by atoms with van der Waals surface area (Å²) in [6.07, 6.45) is 2.27. The summed E-state index contributed by atoms with van der Waals surface area (Å²) in [5.41, 5.74) is 4.20. The Morgan fingerprint density at radius 1 is 1.90 bits per heavy atom. The Bertz CT molecular complexity index is 190. The van der Waals surface area contributed by atoms with Crippen molar-refractivity contribution in [2.75, 3.05) is 0 Å². The highest BCUT2D eigenvalue weighted by Crippen LogP contribution is 2.21. The van der Waals surface area contributed by atoms with Gasteiger partial charge in [-0.25, -0.2) is 0 Å². The molecule has 1 aliphatic carbocycles. The first kappa shape index (κ1) is 8.00. The number of quaternary nitrogens is 1. The maximum atomic E-state index is 10.3. The number of halogens is 1. The van der Waals surface area contributed by atoms with E-state index in [1.54, 1.807) is 6.08 Å². The Hall–Kier alpha value is -0.100. The first-order chi connectivity index (χ1) is 4.61. The number of carboxylic acid groups (broad SMARTS) is 1. The lowest BCUT2D eigenvalue weighted by molar-refractivity contribution is -0.413. The highest BCUT2D eigenvalue weighted by atomic mass is 127. The van der Waals surface area contributed by atoms with Crippen LogP contribution in [-0.4, -0.2) is 15.9 Å². The molecular weight excluding hydrogens is 245 g/mol. The minimum absolute atomic E-state index is 0.202. The lowest BCUT2D eigenvalue weighted by atomic mass is 10.2. The second-order valence-corrected chi connectivity index (χ2v) is 3.83. The van der Waals surface area contributed by atoms with E-state index in [0.29, 0.717) is 12.0 Å². The molecule has 10 heavy (non-hydrogen) atoms. The minimum Gasteiger partial charge on any atom is -0.545 e. The fourth-order valence-corrected chi connectivity index (χ4v) is 1.63. The van der Waals surface area contributed by atoms with Crippen LogP contribution in [0.2, 0.25) is 0 Å². The largest absolute Gasteiger partial charge is 0.545 e. The van der Waals surface area contributed by atoms with Gasteiger partial charge in [0, 0.05) is 6.42 Å². The van der Waals surface area contributed by atoms with Crippen LogP contribution in [0.15, 0.2) is 11.6 Å². The van der Waals surface area contributed by atoms with Crippen LogP contribution in [0.1, 0.15) is 6.42 Å². The van der Waals surface area contributed by atoms with Gasteiger partial charge in [-0.15, -0.1) is 0 Å². The van der Waals surface area contributed by atoms with Crippen LogP contribution in [-0.2, 0) is 4.79 Å². The molecule has 0 radical (unpaired) electrons. The normalized spacial score (nSPS) is 32.0. The van der Waals surface area contributed by atoms with Gasteiger partial charge in [0.2, 0.25) is 0 Å². The number of carbonyl (C=O) groups is 1. The van der Waals surface area contributed by atoms with E-state index in [-0.39, 0.29) is 9.97 Å². The monoisotopic (exact) mass is 253 g/mol. The Kier molecular flexibility index (Phi) is 2.30. The predicted octanol–water partition coefficient (Wildman–Crippen LogP) is -1.52. The summed E-state index contributed by atoms with van der Waals surface area (Å²) < 4.78 is 0.255. The second-order valence-electron chi connectivity index (χ2n) is 2.39. The Morgan fingerprint density at radius 3 is 2.70 bits per heavy atom. The van der Waals surface area contributed by atoms with Crippen molar-refractivity contribution in [1.82, 2.24) is 0 Å². The van der Waals surface area contributed by atoms with Gasteiger partial charge >= 0.3 is 0 Å². The molecule has 0 spiro atoms. The van der Waals surface area contributed by atoms with Gasteiger partial charge in [0.25, 0.3) is 0 Å². The SMILES string of the molecule is [NH3+][C@H]1CC(C(=O)[O-])=C[C@H]1I. The smallest absolute Gasteiger partial charge is 0.104 e. The molecule has 0 unspecified atom stereocenters. The zero-order valence-electron chi connectivity index (χ0n) is 5.34. The number of aliphatic carboxylic acids is 1. The summed E-state index contributed by atoms with van der Waals surface area (Å²) >= 11 is 2.18. The highest BCUT2D eigenvalue weighted by molar-refractivity contribution is 14.1. The van der Waals surface area contributed by atoms with Crippen LogP contribution in [0, 0.1) is 0 Å². The number of hydrogen-bond donors (Lipinski definition) is 1. The van der Waals surface area contributed by atoms with Gasteiger partial charge in [-0.1, -0.05) is 28.7 Å². The molecule has 0 saturated heterocycles. The summed E-state index contributed by atoms with van der Waals surface area (Å²) in [4.78, 5) is 10.3. The quantitative estimate of drug-likeness (QED) is 0.455. The van der Waals surface area contributed by atoms with Crippen molar-refractivity contribution in [2.45, 2.75) is 16.4 Å². The van der Waals surface area contributed by atoms with Crippen LogP contribution in [0.3, 0.4) is 0 Å². The van der Waals surface area contributed by atoms with Gasteiger partial charge in [0.15, 0.2) is 0 Å². The van der Waals surface area contributed by atoms with E-state index >= 15 is 0 Å². The molecule has 4 heteroatoms. The maximum Gasteiger partial charge on any atom is 0.104 e. The lowest BCUT2D eigenvalue weighted by Gasteiger charge is -2.02. The topological polar surface area (TPSA) is 67.8 Å². The fourth-order valence-electron chi connectivity index (χ4n) is 0.943. The predicted molar refractivity (Wildman–Crippen MR) is 42.2 cm³/mol. The molecule has 56 valence electrons. The first-order valence-corrected chi connectivity index (χ1v) is 4.25. The molecule has 3 N–H and O–H groups in total. The second kappa shape index (κ2) is 2.87. The van der Waals surface area contributed by atoms with Gasteiger partial charge < -0.3 is 15.6 Å². The Labute approximate surface area is 72.4 Å². The molecule has 0 aromatic carbocycles. The van der Waals surface area contributed by atoms with Crippen LogP contribution < -0.4 is 10.8 Å². The molecular formula is C6H8INO2. The fraction of sp³-hybridized carbons (Fsp3) is 0.500. The third-order valence-electron chi connectivity index (χ3n) is 1.56. The number of alkyl halides is 1. The third-order valence-corrected chi connectivity index (χ3v) is 2.93. The van der Waals surface area contributed by atoms with Crippen LogP contribution in [0.5, 0.6) is 0 Å². The van der Waals surface area contributed by atoms with Gasteiger partial charge in [-0.05, 0) is 5.57 Å². The molecule has 0 fully saturated rings.